The van der Waals surface area contributed by atoms with Crippen LogP contribution in [0.15, 0.2) is 0 Å². The molecule has 2 aliphatic rings. The Balaban J connectivity index is 1.89. The van der Waals surface area contributed by atoms with Gasteiger partial charge in [0.25, 0.3) is 11.8 Å². The van der Waals surface area contributed by atoms with Crippen molar-refractivity contribution in [3.8, 4) is 6.07 Å². The van der Waals surface area contributed by atoms with Crippen LogP contribution in [0.2, 0.25) is 0 Å². The molecule has 1 heterocycles. The predicted octanol–water partition coefficient (Wildman–Crippen LogP) is 0.545. The van der Waals surface area contributed by atoms with Gasteiger partial charge >= 0.3 is 12.0 Å². The van der Waals surface area contributed by atoms with Crippen LogP contribution < -0.4 is 5.32 Å². The minimum Gasteiger partial charge on any atom is -0.454 e. The fourth-order valence-electron chi connectivity index (χ4n) is 3.27. The summed E-state index contributed by atoms with van der Waals surface area (Å²) in [6, 6.07) is 1.55. The average molecular weight is 364 g/mol. The summed E-state index contributed by atoms with van der Waals surface area (Å²) in [5.41, 5.74) is -1.94. The largest absolute Gasteiger partial charge is 0.454 e. The van der Waals surface area contributed by atoms with Crippen LogP contribution in [0.4, 0.5) is 4.79 Å². The third-order valence-corrected chi connectivity index (χ3v) is 4.99. The quantitative estimate of drug-likeness (QED) is 0.562. The average Bonchev–Trinajstić information content (AvgIpc) is 2.81. The van der Waals surface area contributed by atoms with Gasteiger partial charge in [0, 0.05) is 7.05 Å². The molecular formula is C17H24N4O5. The fraction of sp³-hybridized carbons (Fsp3) is 0.706. The van der Waals surface area contributed by atoms with Gasteiger partial charge in [-0.05, 0) is 26.7 Å². The number of carbonyl (C=O) groups is 4. The van der Waals surface area contributed by atoms with Gasteiger partial charge < -0.3 is 15.0 Å². The van der Waals surface area contributed by atoms with Crippen molar-refractivity contribution in [3.05, 3.63) is 0 Å². The van der Waals surface area contributed by atoms with Crippen molar-refractivity contribution < 1.29 is 23.9 Å². The maximum absolute atomic E-state index is 12.3. The SMILES string of the molecule is CN(C(=O)COC(=O)CN1C(=O)NC(C)(C)C1=O)C1(C#N)CCCCC1. The lowest BCUT2D eigenvalue weighted by Crippen LogP contribution is -2.51. The number of nitriles is 1. The maximum atomic E-state index is 12.3. The van der Waals surface area contributed by atoms with E-state index in [-0.39, 0.29) is 0 Å². The molecule has 2 rings (SSSR count). The maximum Gasteiger partial charge on any atom is 0.326 e. The summed E-state index contributed by atoms with van der Waals surface area (Å²) >= 11 is 0. The van der Waals surface area contributed by atoms with Gasteiger partial charge in [-0.25, -0.2) is 4.79 Å². The summed E-state index contributed by atoms with van der Waals surface area (Å²) in [5, 5.41) is 12.0. The van der Waals surface area contributed by atoms with Gasteiger partial charge in [-0.2, -0.15) is 5.26 Å². The van der Waals surface area contributed by atoms with Crippen LogP contribution in [0.3, 0.4) is 0 Å². The lowest BCUT2D eigenvalue weighted by atomic mass is 9.81. The van der Waals surface area contributed by atoms with E-state index in [9.17, 15) is 24.4 Å². The van der Waals surface area contributed by atoms with Gasteiger partial charge in [-0.15, -0.1) is 0 Å². The number of carbonyl (C=O) groups excluding carboxylic acids is 4. The molecule has 0 aromatic heterocycles. The molecule has 1 aliphatic heterocycles. The summed E-state index contributed by atoms with van der Waals surface area (Å²) < 4.78 is 4.92. The van der Waals surface area contributed by atoms with Crippen LogP contribution in [0.25, 0.3) is 0 Å². The normalized spacial score (nSPS) is 20.9. The van der Waals surface area contributed by atoms with E-state index in [1.807, 2.05) is 0 Å². The number of ether oxygens (including phenoxy) is 1. The van der Waals surface area contributed by atoms with Gasteiger partial charge in [0.1, 0.15) is 17.6 Å². The number of urea groups is 1. The van der Waals surface area contributed by atoms with Crippen LogP contribution >= 0.6 is 0 Å². The van der Waals surface area contributed by atoms with Crippen LogP contribution in [-0.4, -0.2) is 64.9 Å². The predicted molar refractivity (Wildman–Crippen MR) is 89.5 cm³/mol. The highest BCUT2D eigenvalue weighted by atomic mass is 16.5. The molecule has 26 heavy (non-hydrogen) atoms. The van der Waals surface area contributed by atoms with Crippen LogP contribution in [-0.2, 0) is 19.1 Å². The second-order valence-corrected chi connectivity index (χ2v) is 7.26. The zero-order valence-corrected chi connectivity index (χ0v) is 15.3. The van der Waals surface area contributed by atoms with Crippen molar-refractivity contribution in [1.29, 1.82) is 5.26 Å². The highest BCUT2D eigenvalue weighted by Gasteiger charge is 2.45. The number of amides is 4. The first kappa shape index (κ1) is 19.7. The fourth-order valence-corrected chi connectivity index (χ4v) is 3.27. The lowest BCUT2D eigenvalue weighted by molar-refractivity contribution is -0.155. The first-order valence-corrected chi connectivity index (χ1v) is 8.60. The molecule has 0 bridgehead atoms. The zero-order valence-electron chi connectivity index (χ0n) is 15.3. The number of hydrogen-bond acceptors (Lipinski definition) is 6. The smallest absolute Gasteiger partial charge is 0.326 e. The Kier molecular flexibility index (Phi) is 5.54. The molecule has 0 radical (unpaired) electrons. The van der Waals surface area contributed by atoms with Crippen molar-refractivity contribution in [3.63, 3.8) is 0 Å². The van der Waals surface area contributed by atoms with Gasteiger partial charge in [0.05, 0.1) is 6.07 Å². The second kappa shape index (κ2) is 7.32. The van der Waals surface area contributed by atoms with E-state index in [1.54, 1.807) is 0 Å². The second-order valence-electron chi connectivity index (χ2n) is 7.26. The summed E-state index contributed by atoms with van der Waals surface area (Å²) in [5.74, 6) is -1.88. The minimum atomic E-state index is -1.08. The molecule has 0 aromatic carbocycles. The molecule has 9 nitrogen and oxygen atoms in total. The van der Waals surface area contributed by atoms with Crippen molar-refractivity contribution in [1.82, 2.24) is 15.1 Å². The highest BCUT2D eigenvalue weighted by molar-refractivity contribution is 6.08. The molecule has 0 aromatic rings. The first-order valence-electron chi connectivity index (χ1n) is 8.60. The van der Waals surface area contributed by atoms with E-state index < -0.39 is 48.0 Å². The number of likely N-dealkylation sites (N-methyl/N-ethyl adjacent to an activating group) is 1. The van der Waals surface area contributed by atoms with Gasteiger partial charge in [-0.1, -0.05) is 19.3 Å². The summed E-state index contributed by atoms with van der Waals surface area (Å²) in [6.45, 7) is 1.96. The van der Waals surface area contributed by atoms with Crippen molar-refractivity contribution in [2.45, 2.75) is 57.0 Å². The van der Waals surface area contributed by atoms with Crippen molar-refractivity contribution in [2.24, 2.45) is 0 Å². The monoisotopic (exact) mass is 364 g/mol. The molecular weight excluding hydrogens is 340 g/mol. The van der Waals surface area contributed by atoms with Crippen molar-refractivity contribution >= 4 is 23.8 Å². The molecule has 2 fully saturated rings. The van der Waals surface area contributed by atoms with Gasteiger partial charge in [0.15, 0.2) is 6.61 Å². The van der Waals surface area contributed by atoms with Gasteiger partial charge in [0.2, 0.25) is 0 Å². The Labute approximate surface area is 152 Å². The zero-order chi connectivity index (χ0) is 19.5. The van der Waals surface area contributed by atoms with E-state index in [1.165, 1.54) is 25.8 Å². The number of esters is 1. The number of imide groups is 1. The Morgan fingerprint density at radius 3 is 2.38 bits per heavy atom. The molecule has 1 saturated heterocycles. The molecule has 1 aliphatic carbocycles. The van der Waals surface area contributed by atoms with Crippen molar-refractivity contribution in [2.75, 3.05) is 20.2 Å². The van der Waals surface area contributed by atoms with E-state index in [0.717, 1.165) is 24.2 Å². The topological polar surface area (TPSA) is 120 Å². The number of hydrogen-bond donors (Lipinski definition) is 1. The standard InChI is InChI=1S/C17H24N4O5/c1-16(2)14(24)21(15(25)19-16)9-13(23)26-10-12(22)20(3)17(11-18)7-5-4-6-8-17/h4-10H2,1-3H3,(H,19,25). The molecule has 0 spiro atoms. The van der Waals surface area contributed by atoms with E-state index >= 15 is 0 Å². The molecule has 0 unspecified atom stereocenters. The summed E-state index contributed by atoms with van der Waals surface area (Å²) in [6.07, 6.45) is 3.96. The van der Waals surface area contributed by atoms with Gasteiger partial charge in [-0.3, -0.25) is 19.3 Å². The van der Waals surface area contributed by atoms with E-state index in [4.69, 9.17) is 4.74 Å². The number of nitrogens with zero attached hydrogens (tertiary/aromatic N) is 3. The molecule has 1 saturated carbocycles. The minimum absolute atomic E-state index is 0.487. The Hall–Kier alpha value is -2.63. The Bertz CT molecular complexity index is 661. The number of rotatable bonds is 5. The molecule has 1 N–H and O–H groups in total. The highest BCUT2D eigenvalue weighted by Crippen LogP contribution is 2.32. The molecule has 142 valence electrons. The summed E-state index contributed by atoms with van der Waals surface area (Å²) in [4.78, 5) is 50.1. The Morgan fingerprint density at radius 2 is 1.88 bits per heavy atom. The molecule has 0 atom stereocenters. The van der Waals surface area contributed by atoms with E-state index in [2.05, 4.69) is 11.4 Å². The van der Waals surface area contributed by atoms with E-state index in [0.29, 0.717) is 12.8 Å². The Morgan fingerprint density at radius 1 is 1.27 bits per heavy atom. The van der Waals surface area contributed by atoms with Crippen LogP contribution in [0, 0.1) is 11.3 Å². The summed E-state index contributed by atoms with van der Waals surface area (Å²) in [7, 11) is 1.53. The molecule has 9 heteroatoms. The third kappa shape index (κ3) is 3.79. The van der Waals surface area contributed by atoms with Crippen LogP contribution in [0.5, 0.6) is 0 Å². The first-order chi connectivity index (χ1) is 12.1. The van der Waals surface area contributed by atoms with Crippen LogP contribution in [0.1, 0.15) is 46.0 Å². The molecule has 4 amide bonds. The number of nitrogens with one attached hydrogen (secondary N) is 1. The lowest BCUT2D eigenvalue weighted by Gasteiger charge is -2.38. The third-order valence-electron chi connectivity index (χ3n) is 4.99.